The maximum atomic E-state index is 12.0. The first kappa shape index (κ1) is 15.8. The van der Waals surface area contributed by atoms with Crippen LogP contribution in [0, 0.1) is 0 Å². The minimum atomic E-state index is -0.503. The molecule has 0 fully saturated rings. The van der Waals surface area contributed by atoms with E-state index in [0.29, 0.717) is 16.3 Å². The Kier molecular flexibility index (Phi) is 4.50. The molecule has 0 radical (unpaired) electrons. The van der Waals surface area contributed by atoms with E-state index in [1.54, 1.807) is 43.5 Å². The summed E-state index contributed by atoms with van der Waals surface area (Å²) < 4.78 is 11.4. The smallest absolute Gasteiger partial charge is 0.363 e. The third-order valence-corrected chi connectivity index (χ3v) is 3.94. The molecule has 1 aliphatic rings. The van der Waals surface area contributed by atoms with E-state index in [9.17, 15) is 4.79 Å². The number of esters is 1. The van der Waals surface area contributed by atoms with Crippen LogP contribution in [0.1, 0.15) is 11.1 Å². The lowest BCUT2D eigenvalue weighted by atomic mass is 10.1. The third-order valence-electron chi connectivity index (χ3n) is 3.20. The first-order valence-corrected chi connectivity index (χ1v) is 7.86. The summed E-state index contributed by atoms with van der Waals surface area (Å²) in [5, 5.41) is 0.605. The van der Waals surface area contributed by atoms with Gasteiger partial charge in [-0.1, -0.05) is 27.5 Å². The largest absolute Gasteiger partial charge is 0.496 e. The van der Waals surface area contributed by atoms with Gasteiger partial charge in [-0.2, -0.15) is 0 Å². The lowest BCUT2D eigenvalue weighted by molar-refractivity contribution is -0.129. The molecule has 6 heteroatoms. The second-order valence-corrected chi connectivity index (χ2v) is 6.08. The van der Waals surface area contributed by atoms with Gasteiger partial charge in [0, 0.05) is 20.6 Å². The zero-order chi connectivity index (χ0) is 16.4. The highest BCUT2D eigenvalue weighted by Gasteiger charge is 2.24. The van der Waals surface area contributed by atoms with Crippen LogP contribution in [-0.2, 0) is 9.53 Å². The lowest BCUT2D eigenvalue weighted by Gasteiger charge is -2.04. The van der Waals surface area contributed by atoms with Gasteiger partial charge in [0.05, 0.1) is 7.11 Å². The maximum Gasteiger partial charge on any atom is 0.363 e. The fourth-order valence-electron chi connectivity index (χ4n) is 2.09. The summed E-state index contributed by atoms with van der Waals surface area (Å²) in [5.74, 6) is 0.396. The van der Waals surface area contributed by atoms with E-state index in [1.807, 2.05) is 12.1 Å². The molecule has 0 aromatic heterocycles. The van der Waals surface area contributed by atoms with Gasteiger partial charge in [0.1, 0.15) is 5.75 Å². The molecule has 0 N–H and O–H groups in total. The number of benzene rings is 2. The zero-order valence-electron chi connectivity index (χ0n) is 12.0. The van der Waals surface area contributed by atoms with Crippen LogP contribution in [0.5, 0.6) is 5.75 Å². The Bertz CT molecular complexity index is 828. The Morgan fingerprint density at radius 1 is 1.22 bits per heavy atom. The summed E-state index contributed by atoms with van der Waals surface area (Å²) in [6.45, 7) is 0. The van der Waals surface area contributed by atoms with E-state index in [0.717, 1.165) is 10.0 Å². The Balaban J connectivity index is 1.98. The molecule has 1 heterocycles. The number of halogens is 2. The molecule has 2 aromatic carbocycles. The molecule has 0 spiro atoms. The van der Waals surface area contributed by atoms with Crippen molar-refractivity contribution in [3.05, 3.63) is 68.8 Å². The van der Waals surface area contributed by atoms with Crippen molar-refractivity contribution in [1.82, 2.24) is 0 Å². The topological polar surface area (TPSA) is 47.9 Å². The van der Waals surface area contributed by atoms with Crippen molar-refractivity contribution in [2.24, 2.45) is 4.99 Å². The van der Waals surface area contributed by atoms with E-state index in [1.165, 1.54) is 0 Å². The van der Waals surface area contributed by atoms with E-state index in [2.05, 4.69) is 20.9 Å². The van der Waals surface area contributed by atoms with Crippen molar-refractivity contribution in [3.8, 4) is 5.75 Å². The second kappa shape index (κ2) is 6.56. The van der Waals surface area contributed by atoms with Crippen LogP contribution in [0.15, 0.2) is 57.6 Å². The summed E-state index contributed by atoms with van der Waals surface area (Å²) >= 11 is 9.25. The fourth-order valence-corrected chi connectivity index (χ4v) is 2.60. The van der Waals surface area contributed by atoms with Crippen LogP contribution in [-0.4, -0.2) is 19.0 Å². The minimum Gasteiger partial charge on any atom is -0.496 e. The second-order valence-electron chi connectivity index (χ2n) is 4.73. The van der Waals surface area contributed by atoms with E-state index < -0.39 is 5.97 Å². The van der Waals surface area contributed by atoms with E-state index in [4.69, 9.17) is 21.1 Å². The Hall–Kier alpha value is -2.11. The lowest BCUT2D eigenvalue weighted by Crippen LogP contribution is -2.05. The van der Waals surface area contributed by atoms with Crippen molar-refractivity contribution >= 4 is 45.5 Å². The van der Waals surface area contributed by atoms with Crippen LogP contribution < -0.4 is 4.74 Å². The SMILES string of the molecule is COc1ccc(Br)cc1/C=C1\N=C(c2ccc(Cl)cc2)OC1=O. The van der Waals surface area contributed by atoms with Gasteiger partial charge < -0.3 is 9.47 Å². The monoisotopic (exact) mass is 391 g/mol. The van der Waals surface area contributed by atoms with Crippen molar-refractivity contribution in [1.29, 1.82) is 0 Å². The van der Waals surface area contributed by atoms with Gasteiger partial charge in [0.25, 0.3) is 0 Å². The quantitative estimate of drug-likeness (QED) is 0.572. The molecule has 3 rings (SSSR count). The average Bonchev–Trinajstić information content (AvgIpc) is 2.89. The molecule has 4 nitrogen and oxygen atoms in total. The molecule has 0 atom stereocenters. The predicted molar refractivity (Wildman–Crippen MR) is 92.8 cm³/mol. The Morgan fingerprint density at radius 3 is 2.65 bits per heavy atom. The summed E-state index contributed by atoms with van der Waals surface area (Å²) in [4.78, 5) is 16.3. The number of nitrogens with zero attached hydrogens (tertiary/aromatic N) is 1. The van der Waals surface area contributed by atoms with Gasteiger partial charge in [0.15, 0.2) is 5.70 Å². The number of hydrogen-bond acceptors (Lipinski definition) is 4. The molecule has 2 aromatic rings. The first-order valence-electron chi connectivity index (χ1n) is 6.69. The Labute approximate surface area is 146 Å². The van der Waals surface area contributed by atoms with Gasteiger partial charge >= 0.3 is 5.97 Å². The predicted octanol–water partition coefficient (Wildman–Crippen LogP) is 4.46. The third kappa shape index (κ3) is 3.46. The molecule has 116 valence electrons. The summed E-state index contributed by atoms with van der Waals surface area (Å²) in [6.07, 6.45) is 1.63. The summed E-state index contributed by atoms with van der Waals surface area (Å²) in [6, 6.07) is 12.4. The summed E-state index contributed by atoms with van der Waals surface area (Å²) in [7, 11) is 1.57. The molecule has 0 saturated carbocycles. The van der Waals surface area contributed by atoms with Gasteiger partial charge in [-0.25, -0.2) is 9.79 Å². The highest BCUT2D eigenvalue weighted by atomic mass is 79.9. The first-order chi connectivity index (χ1) is 11.1. The Morgan fingerprint density at radius 2 is 1.96 bits per heavy atom. The van der Waals surface area contributed by atoms with Crippen LogP contribution in [0.2, 0.25) is 5.02 Å². The number of carbonyl (C=O) groups is 1. The number of aliphatic imine (C=N–C) groups is 1. The number of hydrogen-bond donors (Lipinski definition) is 0. The fraction of sp³-hybridized carbons (Fsp3) is 0.0588. The van der Waals surface area contributed by atoms with Gasteiger partial charge in [-0.3, -0.25) is 0 Å². The van der Waals surface area contributed by atoms with Gasteiger partial charge in [-0.05, 0) is 48.5 Å². The van der Waals surface area contributed by atoms with Crippen molar-refractivity contribution in [3.63, 3.8) is 0 Å². The van der Waals surface area contributed by atoms with Crippen LogP contribution in [0.4, 0.5) is 0 Å². The molecular formula is C17H11BrClNO3. The number of carbonyl (C=O) groups excluding carboxylic acids is 1. The van der Waals surface area contributed by atoms with Crippen molar-refractivity contribution in [2.75, 3.05) is 7.11 Å². The van der Waals surface area contributed by atoms with Crippen LogP contribution in [0.3, 0.4) is 0 Å². The van der Waals surface area contributed by atoms with Crippen LogP contribution >= 0.6 is 27.5 Å². The number of rotatable bonds is 3. The highest BCUT2D eigenvalue weighted by Crippen LogP contribution is 2.27. The van der Waals surface area contributed by atoms with Gasteiger partial charge in [0.2, 0.25) is 5.90 Å². The molecular weight excluding hydrogens is 382 g/mol. The maximum absolute atomic E-state index is 12.0. The van der Waals surface area contributed by atoms with Crippen molar-refractivity contribution in [2.45, 2.75) is 0 Å². The number of methoxy groups -OCH3 is 1. The standard InChI is InChI=1S/C17H11BrClNO3/c1-22-15-7-4-12(18)8-11(15)9-14-17(21)23-16(20-14)10-2-5-13(19)6-3-10/h2-9H,1H3/b14-9-. The van der Waals surface area contributed by atoms with Crippen LogP contribution in [0.25, 0.3) is 6.08 Å². The molecule has 1 aliphatic heterocycles. The minimum absolute atomic E-state index is 0.214. The molecule has 0 saturated heterocycles. The van der Waals surface area contributed by atoms with Crippen molar-refractivity contribution < 1.29 is 14.3 Å². The molecule has 0 bridgehead atoms. The van der Waals surface area contributed by atoms with E-state index >= 15 is 0 Å². The van der Waals surface area contributed by atoms with Gasteiger partial charge in [-0.15, -0.1) is 0 Å². The number of cyclic esters (lactones) is 1. The molecule has 0 unspecified atom stereocenters. The normalized spacial score (nSPS) is 15.5. The number of ether oxygens (including phenoxy) is 2. The molecule has 23 heavy (non-hydrogen) atoms. The molecule has 0 amide bonds. The average molecular weight is 393 g/mol. The highest BCUT2D eigenvalue weighted by molar-refractivity contribution is 9.10. The summed E-state index contributed by atoms with van der Waals surface area (Å²) in [5.41, 5.74) is 1.63. The van der Waals surface area contributed by atoms with E-state index in [-0.39, 0.29) is 11.6 Å². The molecule has 0 aliphatic carbocycles. The zero-order valence-corrected chi connectivity index (χ0v) is 14.4.